The van der Waals surface area contributed by atoms with Crippen LogP contribution >= 0.6 is 0 Å². The van der Waals surface area contributed by atoms with Crippen LogP contribution < -0.4 is 5.32 Å². The van der Waals surface area contributed by atoms with Crippen LogP contribution in [0.15, 0.2) is 0 Å². The summed E-state index contributed by atoms with van der Waals surface area (Å²) in [6.45, 7) is 19.7. The third-order valence-corrected chi connectivity index (χ3v) is 10.9. The van der Waals surface area contributed by atoms with Crippen molar-refractivity contribution in [3.63, 3.8) is 0 Å². The average molecular weight is 514 g/mol. The molecule has 0 radical (unpaired) electrons. The predicted octanol–water partition coefficient (Wildman–Crippen LogP) is 3.49. The topological polar surface area (TPSA) is 85.9 Å². The average Bonchev–Trinajstić information content (AvgIpc) is 2.78. The zero-order valence-corrected chi connectivity index (χ0v) is 24.1. The summed E-state index contributed by atoms with van der Waals surface area (Å²) in [5.74, 6) is 0. The van der Waals surface area contributed by atoms with E-state index >= 15 is 0 Å². The van der Waals surface area contributed by atoms with E-state index in [0.717, 1.165) is 38.0 Å². The van der Waals surface area contributed by atoms with E-state index in [0.29, 0.717) is 66.1 Å². The highest BCUT2D eigenvalue weighted by atomic mass is 28.4. The van der Waals surface area contributed by atoms with Gasteiger partial charge in [0.2, 0.25) is 0 Å². The molecule has 200 valence electrons. The summed E-state index contributed by atoms with van der Waals surface area (Å²) >= 11 is 0. The van der Waals surface area contributed by atoms with Crippen molar-refractivity contribution in [1.29, 1.82) is 0 Å². The first kappa shape index (κ1) is 33.1. The van der Waals surface area contributed by atoms with Crippen molar-refractivity contribution >= 4 is 17.6 Å². The summed E-state index contributed by atoms with van der Waals surface area (Å²) in [6, 6.07) is 1.56. The standard InChI is InChI=1S/C22H51NO8Si2/c1-7-26-32(27-8-2,28-9-3)21-13-17-24-19-15-23-16-20-25-18-14-22-33(29-10-4,30-11-5)31-12-6/h23H,7-22H2,1-6H3. The molecule has 33 heavy (non-hydrogen) atoms. The smallest absolute Gasteiger partial charge is 0.380 e. The largest absolute Gasteiger partial charge is 0.501 e. The van der Waals surface area contributed by atoms with Crippen LogP contribution in [0.2, 0.25) is 12.1 Å². The summed E-state index contributed by atoms with van der Waals surface area (Å²) < 4.78 is 46.6. The fourth-order valence-corrected chi connectivity index (χ4v) is 8.56. The first-order valence-electron chi connectivity index (χ1n) is 12.8. The van der Waals surface area contributed by atoms with E-state index in [1.165, 1.54) is 0 Å². The Morgan fingerprint density at radius 2 is 0.758 bits per heavy atom. The van der Waals surface area contributed by atoms with Gasteiger partial charge in [0.1, 0.15) is 0 Å². The highest BCUT2D eigenvalue weighted by Crippen LogP contribution is 2.19. The first-order chi connectivity index (χ1) is 16.1. The second kappa shape index (κ2) is 22.5. The Morgan fingerprint density at radius 1 is 0.455 bits per heavy atom. The summed E-state index contributed by atoms with van der Waals surface area (Å²) in [4.78, 5) is 0. The van der Waals surface area contributed by atoms with Crippen LogP contribution in [0.25, 0.3) is 0 Å². The van der Waals surface area contributed by atoms with Gasteiger partial charge < -0.3 is 41.3 Å². The molecule has 0 heterocycles. The Balaban J connectivity index is 3.79. The molecule has 0 fully saturated rings. The molecule has 0 saturated carbocycles. The van der Waals surface area contributed by atoms with Crippen molar-refractivity contribution in [3.8, 4) is 0 Å². The molecular weight excluding hydrogens is 462 g/mol. The van der Waals surface area contributed by atoms with Crippen LogP contribution in [-0.2, 0) is 36.0 Å². The van der Waals surface area contributed by atoms with Crippen molar-refractivity contribution in [3.05, 3.63) is 0 Å². The van der Waals surface area contributed by atoms with E-state index in [4.69, 9.17) is 36.0 Å². The Bertz CT molecular complexity index is 354. The molecule has 0 saturated heterocycles. The maximum Gasteiger partial charge on any atom is 0.501 e. The van der Waals surface area contributed by atoms with Crippen LogP contribution in [0.3, 0.4) is 0 Å². The second-order valence-electron chi connectivity index (χ2n) is 7.15. The number of nitrogens with one attached hydrogen (secondary N) is 1. The van der Waals surface area contributed by atoms with E-state index in [9.17, 15) is 0 Å². The Labute approximate surface area is 204 Å². The molecular formula is C22H51NO8Si2. The molecule has 11 heteroatoms. The lowest BCUT2D eigenvalue weighted by molar-refractivity contribution is 0.0656. The van der Waals surface area contributed by atoms with E-state index in [1.54, 1.807) is 0 Å². The van der Waals surface area contributed by atoms with Crippen molar-refractivity contribution < 1.29 is 36.0 Å². The van der Waals surface area contributed by atoms with E-state index in [2.05, 4.69) is 5.32 Å². The lowest BCUT2D eigenvalue weighted by Gasteiger charge is -2.28. The highest BCUT2D eigenvalue weighted by molar-refractivity contribution is 6.61. The fraction of sp³-hybridized carbons (Fsp3) is 1.00. The molecule has 0 aromatic heterocycles. The number of hydrogen-bond donors (Lipinski definition) is 1. The van der Waals surface area contributed by atoms with Gasteiger partial charge in [-0.3, -0.25) is 0 Å². The summed E-state index contributed by atoms with van der Waals surface area (Å²) in [6.07, 6.45) is 1.73. The lowest BCUT2D eigenvalue weighted by atomic mass is 10.5. The van der Waals surface area contributed by atoms with E-state index in [-0.39, 0.29) is 0 Å². The van der Waals surface area contributed by atoms with Gasteiger partial charge in [0.25, 0.3) is 0 Å². The minimum absolute atomic E-state index is 0.605. The third kappa shape index (κ3) is 16.4. The van der Waals surface area contributed by atoms with Gasteiger partial charge in [-0.1, -0.05) is 0 Å². The summed E-state index contributed by atoms with van der Waals surface area (Å²) in [7, 11) is -5.11. The lowest BCUT2D eigenvalue weighted by Crippen LogP contribution is -2.46. The van der Waals surface area contributed by atoms with Crippen molar-refractivity contribution in [2.75, 3.05) is 79.2 Å². The van der Waals surface area contributed by atoms with Crippen molar-refractivity contribution in [2.24, 2.45) is 0 Å². The molecule has 0 spiro atoms. The molecule has 0 aromatic rings. The Kier molecular flexibility index (Phi) is 22.6. The Hall–Kier alpha value is 0.0738. The van der Waals surface area contributed by atoms with Gasteiger partial charge in [0, 0.05) is 78.0 Å². The first-order valence-corrected chi connectivity index (χ1v) is 16.6. The fourth-order valence-electron chi connectivity index (χ4n) is 3.40. The number of ether oxygens (including phenoxy) is 2. The van der Waals surface area contributed by atoms with Gasteiger partial charge >= 0.3 is 17.6 Å². The normalized spacial score (nSPS) is 12.5. The van der Waals surface area contributed by atoms with Gasteiger partial charge in [-0.25, -0.2) is 0 Å². The molecule has 0 bridgehead atoms. The Morgan fingerprint density at radius 3 is 1.03 bits per heavy atom. The zero-order valence-electron chi connectivity index (χ0n) is 22.1. The SMILES string of the molecule is CCO[Si](CCCOCCNCCOCCC[Si](OCC)(OCC)OCC)(OCC)OCC. The molecule has 9 nitrogen and oxygen atoms in total. The molecule has 0 rings (SSSR count). The molecule has 0 aliphatic rings. The predicted molar refractivity (Wildman–Crippen MR) is 135 cm³/mol. The minimum Gasteiger partial charge on any atom is -0.380 e. The molecule has 0 unspecified atom stereocenters. The maximum absolute atomic E-state index is 5.86. The van der Waals surface area contributed by atoms with Gasteiger partial charge in [0.05, 0.1) is 13.2 Å². The van der Waals surface area contributed by atoms with Crippen LogP contribution in [0.1, 0.15) is 54.4 Å². The van der Waals surface area contributed by atoms with Crippen LogP contribution in [0, 0.1) is 0 Å². The molecule has 1 N–H and O–H groups in total. The van der Waals surface area contributed by atoms with Crippen molar-refractivity contribution in [2.45, 2.75) is 66.5 Å². The van der Waals surface area contributed by atoms with E-state index < -0.39 is 17.6 Å². The van der Waals surface area contributed by atoms with Crippen LogP contribution in [0.5, 0.6) is 0 Å². The monoisotopic (exact) mass is 513 g/mol. The summed E-state index contributed by atoms with van der Waals surface area (Å²) in [5, 5.41) is 3.34. The number of rotatable bonds is 26. The second-order valence-corrected chi connectivity index (χ2v) is 12.6. The molecule has 0 aliphatic heterocycles. The van der Waals surface area contributed by atoms with Crippen LogP contribution in [0.4, 0.5) is 0 Å². The summed E-state index contributed by atoms with van der Waals surface area (Å²) in [5.41, 5.74) is 0. The third-order valence-electron chi connectivity index (χ3n) is 4.58. The number of hydrogen-bond acceptors (Lipinski definition) is 9. The van der Waals surface area contributed by atoms with Gasteiger partial charge in [-0.15, -0.1) is 0 Å². The highest BCUT2D eigenvalue weighted by Gasteiger charge is 2.40. The minimum atomic E-state index is -2.55. The molecule has 0 atom stereocenters. The van der Waals surface area contributed by atoms with Crippen LogP contribution in [-0.4, -0.2) is 96.8 Å². The molecule has 0 aliphatic carbocycles. The maximum atomic E-state index is 5.86. The van der Waals surface area contributed by atoms with Crippen molar-refractivity contribution in [1.82, 2.24) is 5.32 Å². The van der Waals surface area contributed by atoms with Gasteiger partial charge in [-0.05, 0) is 54.4 Å². The van der Waals surface area contributed by atoms with Gasteiger partial charge in [0.15, 0.2) is 0 Å². The van der Waals surface area contributed by atoms with E-state index in [1.807, 2.05) is 41.5 Å². The molecule has 0 amide bonds. The molecule has 0 aromatic carbocycles. The zero-order chi connectivity index (χ0) is 24.7. The quantitative estimate of drug-likeness (QED) is 0.138. The van der Waals surface area contributed by atoms with Gasteiger partial charge in [-0.2, -0.15) is 0 Å².